The van der Waals surface area contributed by atoms with Crippen molar-refractivity contribution in [1.29, 1.82) is 0 Å². The van der Waals surface area contributed by atoms with Gasteiger partial charge in [0.1, 0.15) is 5.82 Å². The highest BCUT2D eigenvalue weighted by atomic mass is 15.3. The van der Waals surface area contributed by atoms with Crippen LogP contribution in [-0.4, -0.2) is 22.4 Å². The Labute approximate surface area is 83.7 Å². The molecule has 1 aromatic heterocycles. The van der Waals surface area contributed by atoms with Crippen LogP contribution < -0.4 is 10.6 Å². The van der Waals surface area contributed by atoms with Gasteiger partial charge in [-0.15, -0.1) is 0 Å². The van der Waals surface area contributed by atoms with Gasteiger partial charge in [0.25, 0.3) is 0 Å². The quantitative estimate of drug-likeness (QED) is 0.707. The maximum Gasteiger partial charge on any atom is 0.147 e. The smallest absolute Gasteiger partial charge is 0.147 e. The van der Waals surface area contributed by atoms with Gasteiger partial charge in [0.05, 0.1) is 11.9 Å². The fourth-order valence-electron chi connectivity index (χ4n) is 2.20. The molecule has 76 valence electrons. The predicted molar refractivity (Wildman–Crippen MR) is 56.4 cm³/mol. The number of nitrogens with zero attached hydrogens (tertiary/aromatic N) is 2. The molecule has 0 bridgehead atoms. The zero-order valence-electron chi connectivity index (χ0n) is 8.45. The molecular formula is C10H16N4. The summed E-state index contributed by atoms with van der Waals surface area (Å²) in [6, 6.07) is 0.652. The van der Waals surface area contributed by atoms with Crippen LogP contribution in [0, 0.1) is 5.92 Å². The third kappa shape index (κ3) is 1.25. The summed E-state index contributed by atoms with van der Waals surface area (Å²) in [7, 11) is 1.99. The number of hydrogen-bond acceptors (Lipinski definition) is 3. The first-order chi connectivity index (χ1) is 6.84. The molecule has 0 saturated heterocycles. The number of anilines is 2. The summed E-state index contributed by atoms with van der Waals surface area (Å²) in [6.45, 7) is 1.06. The summed E-state index contributed by atoms with van der Waals surface area (Å²) in [5.41, 5.74) is 1.15. The van der Waals surface area contributed by atoms with E-state index >= 15 is 0 Å². The van der Waals surface area contributed by atoms with Crippen LogP contribution >= 0.6 is 0 Å². The number of aryl methyl sites for hydroxylation is 1. The molecule has 1 aromatic rings. The van der Waals surface area contributed by atoms with Crippen molar-refractivity contribution in [3.05, 3.63) is 6.20 Å². The fraction of sp³-hybridized carbons (Fsp3) is 0.700. The van der Waals surface area contributed by atoms with Crippen LogP contribution in [0.1, 0.15) is 19.3 Å². The molecule has 1 aliphatic carbocycles. The van der Waals surface area contributed by atoms with Crippen LogP contribution in [0.2, 0.25) is 0 Å². The normalized spacial score (nSPS) is 25.9. The summed E-state index contributed by atoms with van der Waals surface area (Å²) in [6.07, 6.45) is 5.91. The van der Waals surface area contributed by atoms with Gasteiger partial charge in [0.2, 0.25) is 0 Å². The van der Waals surface area contributed by atoms with Crippen molar-refractivity contribution in [2.75, 3.05) is 17.2 Å². The van der Waals surface area contributed by atoms with Gasteiger partial charge in [-0.3, -0.25) is 4.68 Å². The summed E-state index contributed by atoms with van der Waals surface area (Å²) in [5, 5.41) is 11.3. The Morgan fingerprint density at radius 2 is 2.29 bits per heavy atom. The fourth-order valence-corrected chi connectivity index (χ4v) is 2.20. The van der Waals surface area contributed by atoms with E-state index in [0.717, 1.165) is 24.0 Å². The lowest BCUT2D eigenvalue weighted by Crippen LogP contribution is -2.23. The molecule has 0 radical (unpaired) electrons. The number of fused-ring (bicyclic) bond motifs is 1. The largest absolute Gasteiger partial charge is 0.381 e. The average Bonchev–Trinajstić information content (AvgIpc) is 2.98. The van der Waals surface area contributed by atoms with E-state index < -0.39 is 0 Å². The van der Waals surface area contributed by atoms with Crippen LogP contribution in [0.4, 0.5) is 11.5 Å². The first-order valence-corrected chi connectivity index (χ1v) is 5.37. The standard InChI is InChI=1S/C10H16N4/c1-14-10-9(6-12-14)11-5-4-8(13-10)7-2-3-7/h6-8,11,13H,2-5H2,1H3. The van der Waals surface area contributed by atoms with Gasteiger partial charge < -0.3 is 10.6 Å². The molecule has 2 aliphatic rings. The van der Waals surface area contributed by atoms with E-state index in [1.807, 2.05) is 17.9 Å². The molecule has 2 N–H and O–H groups in total. The molecule has 0 amide bonds. The predicted octanol–water partition coefficient (Wildman–Crippen LogP) is 1.43. The number of aromatic nitrogens is 2. The molecule has 1 fully saturated rings. The van der Waals surface area contributed by atoms with E-state index in [-0.39, 0.29) is 0 Å². The monoisotopic (exact) mass is 192 g/mol. The molecule has 14 heavy (non-hydrogen) atoms. The molecule has 1 unspecified atom stereocenters. The number of nitrogens with one attached hydrogen (secondary N) is 2. The molecule has 3 rings (SSSR count). The Hall–Kier alpha value is -1.19. The van der Waals surface area contributed by atoms with E-state index in [1.54, 1.807) is 0 Å². The first-order valence-electron chi connectivity index (χ1n) is 5.37. The summed E-state index contributed by atoms with van der Waals surface area (Å²) >= 11 is 0. The van der Waals surface area contributed by atoms with Crippen molar-refractivity contribution < 1.29 is 0 Å². The summed E-state index contributed by atoms with van der Waals surface area (Å²) in [4.78, 5) is 0. The van der Waals surface area contributed by atoms with Crippen LogP contribution in [0.15, 0.2) is 6.20 Å². The Kier molecular flexibility index (Phi) is 1.69. The first kappa shape index (κ1) is 8.15. The minimum Gasteiger partial charge on any atom is -0.381 e. The highest BCUT2D eigenvalue weighted by Crippen LogP contribution is 2.37. The third-order valence-electron chi connectivity index (χ3n) is 3.22. The average molecular weight is 192 g/mol. The van der Waals surface area contributed by atoms with Crippen LogP contribution in [0.3, 0.4) is 0 Å². The van der Waals surface area contributed by atoms with Crippen molar-refractivity contribution in [3.63, 3.8) is 0 Å². The maximum absolute atomic E-state index is 4.25. The van der Waals surface area contributed by atoms with Crippen molar-refractivity contribution in [2.45, 2.75) is 25.3 Å². The Morgan fingerprint density at radius 3 is 3.07 bits per heavy atom. The topological polar surface area (TPSA) is 41.9 Å². The van der Waals surface area contributed by atoms with Crippen molar-refractivity contribution in [1.82, 2.24) is 9.78 Å². The van der Waals surface area contributed by atoms with Gasteiger partial charge in [-0.1, -0.05) is 0 Å². The second-order valence-corrected chi connectivity index (χ2v) is 4.33. The van der Waals surface area contributed by atoms with Gasteiger partial charge in [-0.25, -0.2) is 0 Å². The molecule has 1 saturated carbocycles. The highest BCUT2D eigenvalue weighted by molar-refractivity contribution is 5.65. The van der Waals surface area contributed by atoms with Crippen molar-refractivity contribution in [2.24, 2.45) is 13.0 Å². The molecule has 1 atom stereocenters. The van der Waals surface area contributed by atoms with Gasteiger partial charge in [0, 0.05) is 19.6 Å². The van der Waals surface area contributed by atoms with E-state index in [2.05, 4.69) is 15.7 Å². The third-order valence-corrected chi connectivity index (χ3v) is 3.22. The molecular weight excluding hydrogens is 176 g/mol. The number of hydrogen-bond donors (Lipinski definition) is 2. The van der Waals surface area contributed by atoms with Gasteiger partial charge in [0.15, 0.2) is 0 Å². The molecule has 0 spiro atoms. The van der Waals surface area contributed by atoms with E-state index in [1.165, 1.54) is 19.3 Å². The minimum absolute atomic E-state index is 0.652. The van der Waals surface area contributed by atoms with Crippen LogP contribution in [0.25, 0.3) is 0 Å². The van der Waals surface area contributed by atoms with Crippen LogP contribution in [0.5, 0.6) is 0 Å². The lowest BCUT2D eigenvalue weighted by molar-refractivity contribution is 0.599. The second kappa shape index (κ2) is 2.90. The Morgan fingerprint density at radius 1 is 1.43 bits per heavy atom. The van der Waals surface area contributed by atoms with Crippen LogP contribution in [-0.2, 0) is 7.05 Å². The summed E-state index contributed by atoms with van der Waals surface area (Å²) < 4.78 is 1.92. The van der Waals surface area contributed by atoms with E-state index in [0.29, 0.717) is 6.04 Å². The number of rotatable bonds is 1. The summed E-state index contributed by atoms with van der Waals surface area (Å²) in [5.74, 6) is 2.05. The van der Waals surface area contributed by atoms with E-state index in [4.69, 9.17) is 0 Å². The van der Waals surface area contributed by atoms with Crippen molar-refractivity contribution >= 4 is 11.5 Å². The van der Waals surface area contributed by atoms with Crippen molar-refractivity contribution in [3.8, 4) is 0 Å². The Balaban J connectivity index is 1.88. The maximum atomic E-state index is 4.25. The zero-order chi connectivity index (χ0) is 9.54. The zero-order valence-corrected chi connectivity index (χ0v) is 8.45. The molecule has 1 aliphatic heterocycles. The van der Waals surface area contributed by atoms with Gasteiger partial charge in [-0.05, 0) is 25.2 Å². The molecule has 4 nitrogen and oxygen atoms in total. The highest BCUT2D eigenvalue weighted by Gasteiger charge is 2.32. The minimum atomic E-state index is 0.652. The lowest BCUT2D eigenvalue weighted by atomic mass is 10.1. The SMILES string of the molecule is Cn1ncc2c1NC(C1CC1)CCN2. The molecule has 4 heteroatoms. The molecule has 0 aromatic carbocycles. The second-order valence-electron chi connectivity index (χ2n) is 4.33. The molecule has 2 heterocycles. The van der Waals surface area contributed by atoms with E-state index in [9.17, 15) is 0 Å². The lowest BCUT2D eigenvalue weighted by Gasteiger charge is -2.16. The van der Waals surface area contributed by atoms with Gasteiger partial charge in [-0.2, -0.15) is 5.10 Å². The Bertz CT molecular complexity index is 340. The van der Waals surface area contributed by atoms with Gasteiger partial charge >= 0.3 is 0 Å².